The van der Waals surface area contributed by atoms with E-state index in [1.165, 1.54) is 50.6 Å². The molecule has 0 aromatic rings. The molecular formula is C14H26N2. The van der Waals surface area contributed by atoms with Crippen LogP contribution in [0.1, 0.15) is 38.5 Å². The maximum atomic E-state index is 4.16. The molecule has 1 N–H and O–H groups in total. The Morgan fingerprint density at radius 2 is 1.94 bits per heavy atom. The van der Waals surface area contributed by atoms with E-state index in [4.69, 9.17) is 0 Å². The first-order chi connectivity index (χ1) is 7.74. The molecule has 0 aliphatic heterocycles. The molecule has 0 atom stereocenters. The van der Waals surface area contributed by atoms with Crippen LogP contribution in [0.5, 0.6) is 0 Å². The van der Waals surface area contributed by atoms with E-state index < -0.39 is 0 Å². The molecule has 2 rings (SSSR count). The first-order valence-corrected chi connectivity index (χ1v) is 6.82. The molecule has 16 heavy (non-hydrogen) atoms. The Labute approximate surface area is 100 Å². The maximum Gasteiger partial charge on any atom is 0.0199 e. The minimum absolute atomic E-state index is 0.803. The van der Waals surface area contributed by atoms with E-state index in [-0.39, 0.29) is 0 Å². The van der Waals surface area contributed by atoms with Crippen molar-refractivity contribution in [3.8, 4) is 0 Å². The standard InChI is InChI=1S/C14H26N2/c1-12(9-15-14-7-8-14)10-16(2)11-13-5-3-4-6-13/h13-15H,1,3-11H2,2H3. The second kappa shape index (κ2) is 5.83. The molecule has 0 bridgehead atoms. The Hall–Kier alpha value is -0.340. The highest BCUT2D eigenvalue weighted by Gasteiger charge is 2.20. The molecule has 0 amide bonds. The summed E-state index contributed by atoms with van der Waals surface area (Å²) in [6.07, 6.45) is 8.51. The van der Waals surface area contributed by atoms with Gasteiger partial charge in [-0.05, 0) is 44.2 Å². The average molecular weight is 222 g/mol. The lowest BCUT2D eigenvalue weighted by atomic mass is 10.1. The van der Waals surface area contributed by atoms with Gasteiger partial charge in [0.1, 0.15) is 0 Å². The van der Waals surface area contributed by atoms with Gasteiger partial charge in [0, 0.05) is 25.7 Å². The second-order valence-electron chi connectivity index (χ2n) is 5.75. The average Bonchev–Trinajstić information content (AvgIpc) is 2.94. The van der Waals surface area contributed by atoms with Crippen molar-refractivity contribution in [1.29, 1.82) is 0 Å². The van der Waals surface area contributed by atoms with Crippen molar-refractivity contribution in [2.45, 2.75) is 44.6 Å². The molecule has 2 aliphatic carbocycles. The van der Waals surface area contributed by atoms with E-state index in [9.17, 15) is 0 Å². The molecule has 92 valence electrons. The molecule has 0 unspecified atom stereocenters. The van der Waals surface area contributed by atoms with Crippen molar-refractivity contribution in [1.82, 2.24) is 10.2 Å². The summed E-state index contributed by atoms with van der Waals surface area (Å²) in [4.78, 5) is 2.45. The maximum absolute atomic E-state index is 4.16. The van der Waals surface area contributed by atoms with Gasteiger partial charge in [-0.25, -0.2) is 0 Å². The third-order valence-electron chi connectivity index (χ3n) is 3.76. The highest BCUT2D eigenvalue weighted by molar-refractivity contribution is 5.01. The molecule has 2 nitrogen and oxygen atoms in total. The summed E-state index contributed by atoms with van der Waals surface area (Å²) in [5.41, 5.74) is 1.34. The zero-order valence-electron chi connectivity index (χ0n) is 10.7. The van der Waals surface area contributed by atoms with Crippen LogP contribution in [-0.4, -0.2) is 37.6 Å². The molecule has 0 heterocycles. The minimum atomic E-state index is 0.803. The number of hydrogen-bond donors (Lipinski definition) is 1. The van der Waals surface area contributed by atoms with Crippen molar-refractivity contribution in [2.75, 3.05) is 26.7 Å². The molecule has 2 saturated carbocycles. The van der Waals surface area contributed by atoms with Crippen LogP contribution in [0, 0.1) is 5.92 Å². The van der Waals surface area contributed by atoms with Gasteiger partial charge in [-0.15, -0.1) is 0 Å². The summed E-state index contributed by atoms with van der Waals surface area (Å²) in [5.74, 6) is 0.953. The first kappa shape index (κ1) is 12.1. The lowest BCUT2D eigenvalue weighted by Gasteiger charge is -2.21. The number of likely N-dealkylation sites (N-methyl/N-ethyl adjacent to an activating group) is 1. The summed E-state index contributed by atoms with van der Waals surface area (Å²) in [5, 5.41) is 3.53. The molecule has 0 aromatic carbocycles. The Morgan fingerprint density at radius 3 is 2.56 bits per heavy atom. The van der Waals surface area contributed by atoms with Crippen molar-refractivity contribution in [3.63, 3.8) is 0 Å². The van der Waals surface area contributed by atoms with Crippen LogP contribution in [0.2, 0.25) is 0 Å². The van der Waals surface area contributed by atoms with Crippen molar-refractivity contribution in [3.05, 3.63) is 12.2 Å². The first-order valence-electron chi connectivity index (χ1n) is 6.82. The second-order valence-corrected chi connectivity index (χ2v) is 5.75. The van der Waals surface area contributed by atoms with Gasteiger partial charge in [0.05, 0.1) is 0 Å². The highest BCUT2D eigenvalue weighted by Crippen LogP contribution is 2.25. The smallest absolute Gasteiger partial charge is 0.0199 e. The van der Waals surface area contributed by atoms with Crippen LogP contribution in [-0.2, 0) is 0 Å². The van der Waals surface area contributed by atoms with Crippen molar-refractivity contribution >= 4 is 0 Å². The van der Waals surface area contributed by atoms with Gasteiger partial charge in [0.25, 0.3) is 0 Å². The van der Waals surface area contributed by atoms with E-state index in [0.29, 0.717) is 0 Å². The number of rotatable bonds is 7. The molecule has 0 radical (unpaired) electrons. The van der Waals surface area contributed by atoms with Gasteiger partial charge < -0.3 is 10.2 Å². The van der Waals surface area contributed by atoms with Crippen LogP contribution in [0.25, 0.3) is 0 Å². The van der Waals surface area contributed by atoms with E-state index >= 15 is 0 Å². The fourth-order valence-electron chi connectivity index (χ4n) is 2.71. The Kier molecular flexibility index (Phi) is 4.42. The lowest BCUT2D eigenvalue weighted by Crippen LogP contribution is -2.30. The van der Waals surface area contributed by atoms with Gasteiger partial charge in [-0.1, -0.05) is 19.4 Å². The van der Waals surface area contributed by atoms with Crippen LogP contribution < -0.4 is 5.32 Å². The summed E-state index contributed by atoms with van der Waals surface area (Å²) in [6, 6.07) is 0.803. The van der Waals surface area contributed by atoms with Crippen molar-refractivity contribution < 1.29 is 0 Å². The zero-order valence-corrected chi connectivity index (χ0v) is 10.7. The van der Waals surface area contributed by atoms with Gasteiger partial charge in [0.15, 0.2) is 0 Å². The summed E-state index contributed by atoms with van der Waals surface area (Å²) in [6.45, 7) is 7.51. The third kappa shape index (κ3) is 4.26. The summed E-state index contributed by atoms with van der Waals surface area (Å²) >= 11 is 0. The van der Waals surface area contributed by atoms with E-state index in [1.54, 1.807) is 0 Å². The van der Waals surface area contributed by atoms with Gasteiger partial charge in [0.2, 0.25) is 0 Å². The Balaban J connectivity index is 1.57. The Morgan fingerprint density at radius 1 is 1.25 bits per heavy atom. The summed E-state index contributed by atoms with van der Waals surface area (Å²) < 4.78 is 0. The predicted molar refractivity (Wildman–Crippen MR) is 69.6 cm³/mol. The molecule has 0 aromatic heterocycles. The van der Waals surface area contributed by atoms with Crippen LogP contribution >= 0.6 is 0 Å². The molecule has 0 saturated heterocycles. The van der Waals surface area contributed by atoms with Crippen LogP contribution in [0.15, 0.2) is 12.2 Å². The lowest BCUT2D eigenvalue weighted by molar-refractivity contribution is 0.296. The number of nitrogens with zero attached hydrogens (tertiary/aromatic N) is 1. The summed E-state index contributed by atoms with van der Waals surface area (Å²) in [7, 11) is 2.24. The van der Waals surface area contributed by atoms with Crippen LogP contribution in [0.3, 0.4) is 0 Å². The highest BCUT2D eigenvalue weighted by atomic mass is 15.1. The number of hydrogen-bond acceptors (Lipinski definition) is 2. The third-order valence-corrected chi connectivity index (χ3v) is 3.76. The molecule has 0 spiro atoms. The van der Waals surface area contributed by atoms with E-state index in [2.05, 4.69) is 23.8 Å². The fraction of sp³-hybridized carbons (Fsp3) is 0.857. The Bertz CT molecular complexity index is 227. The minimum Gasteiger partial charge on any atom is -0.310 e. The van der Waals surface area contributed by atoms with Crippen LogP contribution in [0.4, 0.5) is 0 Å². The fourth-order valence-corrected chi connectivity index (χ4v) is 2.71. The SMILES string of the molecule is C=C(CNC1CC1)CN(C)CC1CCCC1. The van der Waals surface area contributed by atoms with E-state index in [0.717, 1.165) is 25.0 Å². The topological polar surface area (TPSA) is 15.3 Å². The van der Waals surface area contributed by atoms with Crippen molar-refractivity contribution in [2.24, 2.45) is 5.92 Å². The molecule has 2 heteroatoms. The largest absolute Gasteiger partial charge is 0.310 e. The molecule has 2 fully saturated rings. The number of nitrogens with one attached hydrogen (secondary N) is 1. The van der Waals surface area contributed by atoms with Gasteiger partial charge in [-0.2, -0.15) is 0 Å². The predicted octanol–water partition coefficient (Wildman–Crippen LogP) is 2.42. The molecular weight excluding hydrogens is 196 g/mol. The monoisotopic (exact) mass is 222 g/mol. The normalized spacial score (nSPS) is 21.9. The van der Waals surface area contributed by atoms with Gasteiger partial charge in [-0.3, -0.25) is 0 Å². The quantitative estimate of drug-likeness (QED) is 0.666. The molecule has 2 aliphatic rings. The zero-order chi connectivity index (χ0) is 11.4. The van der Waals surface area contributed by atoms with Gasteiger partial charge >= 0.3 is 0 Å². The van der Waals surface area contributed by atoms with E-state index in [1.807, 2.05) is 0 Å².